The molecule has 0 bridgehead atoms. The van der Waals surface area contributed by atoms with Gasteiger partial charge in [-0.1, -0.05) is 0 Å². The predicted octanol–water partition coefficient (Wildman–Crippen LogP) is -0.137. The van der Waals surface area contributed by atoms with Gasteiger partial charge in [-0.15, -0.1) is 0 Å². The van der Waals surface area contributed by atoms with E-state index in [0.717, 1.165) is 0 Å². The Morgan fingerprint density at radius 2 is 2.00 bits per heavy atom. The van der Waals surface area contributed by atoms with Crippen LogP contribution in [-0.2, 0) is 19.6 Å². The maximum atomic E-state index is 12.7. The Hall–Kier alpha value is -0.760. The number of primary sulfonamides is 1. The minimum absolute atomic E-state index is 0.0374. The van der Waals surface area contributed by atoms with Gasteiger partial charge in [-0.2, -0.15) is 0 Å². The fourth-order valence-corrected chi connectivity index (χ4v) is 1.46. The van der Waals surface area contributed by atoms with E-state index in [1.54, 1.807) is 0 Å². The van der Waals surface area contributed by atoms with E-state index in [0.29, 0.717) is 0 Å². The highest BCUT2D eigenvalue weighted by Crippen LogP contribution is 2.20. The van der Waals surface area contributed by atoms with Crippen LogP contribution in [0.1, 0.15) is 13.3 Å². The molecule has 0 spiro atoms. The van der Waals surface area contributed by atoms with Gasteiger partial charge in [0.15, 0.2) is 0 Å². The Bertz CT molecular complexity index is 301. The van der Waals surface area contributed by atoms with Gasteiger partial charge in [-0.3, -0.25) is 4.79 Å². The van der Waals surface area contributed by atoms with Crippen molar-refractivity contribution in [1.29, 1.82) is 0 Å². The molecule has 0 aromatic heterocycles. The summed E-state index contributed by atoms with van der Waals surface area (Å²) >= 11 is 0. The van der Waals surface area contributed by atoms with Crippen LogP contribution in [0.15, 0.2) is 0 Å². The van der Waals surface area contributed by atoms with Gasteiger partial charge >= 0.3 is 5.97 Å². The third-order valence-electron chi connectivity index (χ3n) is 1.12. The molecule has 0 saturated heterocycles. The molecular formula is C6H11F2NO4S. The number of carbonyl (C=O) groups excluding carboxylic acids is 1. The molecule has 0 rings (SSSR count). The van der Waals surface area contributed by atoms with E-state index >= 15 is 0 Å². The van der Waals surface area contributed by atoms with E-state index in [1.807, 2.05) is 0 Å². The molecule has 84 valence electrons. The number of nitrogens with two attached hydrogens (primary N) is 1. The van der Waals surface area contributed by atoms with Crippen molar-refractivity contribution in [3.63, 3.8) is 0 Å². The zero-order valence-electron chi connectivity index (χ0n) is 7.50. The molecule has 0 aromatic carbocycles. The number of hydrogen-bond acceptors (Lipinski definition) is 4. The summed E-state index contributed by atoms with van der Waals surface area (Å²) in [6.45, 7) is 1.42. The number of hydrogen-bond donors (Lipinski definition) is 1. The molecule has 0 saturated carbocycles. The first-order chi connectivity index (χ1) is 6.16. The van der Waals surface area contributed by atoms with E-state index in [9.17, 15) is 22.0 Å². The standard InChI is InChI=1S/C6H11F2NO4S/c1-2-13-5(10)3-6(7,8)4-14(9,11)12/h2-4H2,1H3,(H2,9,11,12). The number of rotatable bonds is 5. The molecule has 14 heavy (non-hydrogen) atoms. The summed E-state index contributed by atoms with van der Waals surface area (Å²) in [5, 5.41) is 4.41. The Kier molecular flexibility index (Phi) is 4.40. The largest absolute Gasteiger partial charge is 0.466 e. The summed E-state index contributed by atoms with van der Waals surface area (Å²) in [7, 11) is -4.30. The molecule has 0 aliphatic rings. The molecule has 2 N–H and O–H groups in total. The second-order valence-electron chi connectivity index (χ2n) is 2.64. The molecule has 0 aliphatic heterocycles. The highest BCUT2D eigenvalue weighted by molar-refractivity contribution is 7.89. The van der Waals surface area contributed by atoms with E-state index < -0.39 is 34.1 Å². The average Bonchev–Trinajstić information content (AvgIpc) is 1.78. The highest BCUT2D eigenvalue weighted by Gasteiger charge is 2.37. The number of esters is 1. The monoisotopic (exact) mass is 231 g/mol. The van der Waals surface area contributed by atoms with Gasteiger partial charge in [0.1, 0.15) is 12.2 Å². The van der Waals surface area contributed by atoms with Crippen molar-refractivity contribution in [2.45, 2.75) is 19.3 Å². The topological polar surface area (TPSA) is 86.5 Å². The summed E-state index contributed by atoms with van der Waals surface area (Å²) in [4.78, 5) is 10.6. The van der Waals surface area contributed by atoms with Crippen LogP contribution in [0.25, 0.3) is 0 Å². The number of carbonyl (C=O) groups is 1. The van der Waals surface area contributed by atoms with E-state index in [1.165, 1.54) is 6.92 Å². The number of halogens is 2. The molecule has 5 nitrogen and oxygen atoms in total. The summed E-state index contributed by atoms with van der Waals surface area (Å²) in [5.41, 5.74) is 0. The highest BCUT2D eigenvalue weighted by atomic mass is 32.2. The van der Waals surface area contributed by atoms with Gasteiger partial charge in [0.2, 0.25) is 10.0 Å². The van der Waals surface area contributed by atoms with Crippen LogP contribution in [0.5, 0.6) is 0 Å². The lowest BCUT2D eigenvalue weighted by Crippen LogP contribution is -2.34. The fraction of sp³-hybridized carbons (Fsp3) is 0.833. The van der Waals surface area contributed by atoms with E-state index in [-0.39, 0.29) is 6.61 Å². The van der Waals surface area contributed by atoms with Crippen molar-refractivity contribution < 1.29 is 26.7 Å². The SMILES string of the molecule is CCOC(=O)CC(F)(F)CS(N)(=O)=O. The first-order valence-electron chi connectivity index (χ1n) is 3.70. The van der Waals surface area contributed by atoms with Crippen molar-refractivity contribution in [3.8, 4) is 0 Å². The molecule has 0 radical (unpaired) electrons. The van der Waals surface area contributed by atoms with Crippen molar-refractivity contribution in [2.75, 3.05) is 12.4 Å². The Balaban J connectivity index is 4.27. The fourth-order valence-electron chi connectivity index (χ4n) is 0.769. The maximum absolute atomic E-state index is 12.7. The first kappa shape index (κ1) is 13.2. The Morgan fingerprint density at radius 3 is 2.36 bits per heavy atom. The minimum atomic E-state index is -4.30. The summed E-state index contributed by atoms with van der Waals surface area (Å²) in [5.74, 6) is -6.39. The van der Waals surface area contributed by atoms with Gasteiger partial charge in [0.05, 0.1) is 6.61 Å². The van der Waals surface area contributed by atoms with Crippen LogP contribution in [0, 0.1) is 0 Å². The second-order valence-corrected chi connectivity index (χ2v) is 4.26. The van der Waals surface area contributed by atoms with Gasteiger partial charge in [-0.05, 0) is 6.92 Å². The number of ether oxygens (including phenoxy) is 1. The molecule has 8 heteroatoms. The summed E-state index contributed by atoms with van der Waals surface area (Å²) < 4.78 is 50.4. The lowest BCUT2D eigenvalue weighted by Gasteiger charge is -2.13. The average molecular weight is 231 g/mol. The zero-order chi connectivity index (χ0) is 11.4. The van der Waals surface area contributed by atoms with Crippen LogP contribution in [0.2, 0.25) is 0 Å². The van der Waals surface area contributed by atoms with Crippen molar-refractivity contribution in [1.82, 2.24) is 0 Å². The van der Waals surface area contributed by atoms with Crippen LogP contribution >= 0.6 is 0 Å². The molecular weight excluding hydrogens is 220 g/mol. The van der Waals surface area contributed by atoms with Crippen LogP contribution in [0.3, 0.4) is 0 Å². The smallest absolute Gasteiger partial charge is 0.311 e. The lowest BCUT2D eigenvalue weighted by molar-refractivity contribution is -0.149. The molecule has 0 amide bonds. The molecule has 0 aliphatic carbocycles. The molecule has 0 unspecified atom stereocenters. The lowest BCUT2D eigenvalue weighted by atomic mass is 10.3. The molecule has 0 fully saturated rings. The summed E-state index contributed by atoms with van der Waals surface area (Å²) in [6.07, 6.45) is -1.28. The zero-order valence-corrected chi connectivity index (χ0v) is 8.31. The third-order valence-corrected chi connectivity index (χ3v) is 1.95. The van der Waals surface area contributed by atoms with Crippen molar-refractivity contribution in [3.05, 3.63) is 0 Å². The van der Waals surface area contributed by atoms with Crippen LogP contribution < -0.4 is 5.14 Å². The van der Waals surface area contributed by atoms with Crippen LogP contribution in [0.4, 0.5) is 8.78 Å². The minimum Gasteiger partial charge on any atom is -0.466 e. The number of sulfonamides is 1. The Morgan fingerprint density at radius 1 is 1.50 bits per heavy atom. The van der Waals surface area contributed by atoms with Crippen LogP contribution in [-0.4, -0.2) is 32.7 Å². The Labute approximate surface area is 80.3 Å². The van der Waals surface area contributed by atoms with Gasteiger partial charge in [0, 0.05) is 0 Å². The maximum Gasteiger partial charge on any atom is 0.311 e. The van der Waals surface area contributed by atoms with Crippen molar-refractivity contribution in [2.24, 2.45) is 5.14 Å². The van der Waals surface area contributed by atoms with Crippen molar-refractivity contribution >= 4 is 16.0 Å². The quantitative estimate of drug-likeness (QED) is 0.667. The van der Waals surface area contributed by atoms with Gasteiger partial charge in [-0.25, -0.2) is 22.3 Å². The summed E-state index contributed by atoms with van der Waals surface area (Å²) in [6, 6.07) is 0. The molecule has 0 aromatic rings. The molecule has 0 heterocycles. The number of alkyl halides is 2. The van der Waals surface area contributed by atoms with Gasteiger partial charge < -0.3 is 4.74 Å². The first-order valence-corrected chi connectivity index (χ1v) is 5.42. The second kappa shape index (κ2) is 4.65. The van der Waals surface area contributed by atoms with E-state index in [2.05, 4.69) is 9.88 Å². The third kappa shape index (κ3) is 6.72. The normalized spacial score (nSPS) is 12.6. The van der Waals surface area contributed by atoms with Gasteiger partial charge in [0.25, 0.3) is 5.92 Å². The van der Waals surface area contributed by atoms with E-state index in [4.69, 9.17) is 0 Å². The molecule has 0 atom stereocenters. The predicted molar refractivity (Wildman–Crippen MR) is 44.2 cm³/mol.